The van der Waals surface area contributed by atoms with Crippen LogP contribution in [0.15, 0.2) is 30.5 Å². The number of pyridine rings is 1. The van der Waals surface area contributed by atoms with Crippen LogP contribution in [-0.2, 0) is 25.7 Å². The van der Waals surface area contributed by atoms with E-state index in [2.05, 4.69) is 20.5 Å². The van der Waals surface area contributed by atoms with Crippen LogP contribution in [0.4, 0.5) is 22.0 Å². The van der Waals surface area contributed by atoms with E-state index in [1.54, 1.807) is 16.8 Å². The van der Waals surface area contributed by atoms with Gasteiger partial charge in [0, 0.05) is 38.3 Å². The lowest BCUT2D eigenvalue weighted by Crippen LogP contribution is -2.33. The molecule has 0 aromatic carbocycles. The Hall–Kier alpha value is -3.31. The SMILES string of the molecule is Cn1nc(C(F)(F)F)cc1C(=O)N[C@@H]1CCCn2nc(-c3ccnc(C(C)(F)F)c3)cc21. The predicted octanol–water partition coefficient (Wildman–Crippen LogP) is 4.07. The van der Waals surface area contributed by atoms with Crippen molar-refractivity contribution in [2.45, 2.75) is 44.5 Å². The van der Waals surface area contributed by atoms with Crippen LogP contribution in [0.1, 0.15) is 53.4 Å². The lowest BCUT2D eigenvalue weighted by Gasteiger charge is -2.24. The third-order valence-corrected chi connectivity index (χ3v) is 5.24. The quantitative estimate of drug-likeness (QED) is 0.603. The molecule has 3 aromatic heterocycles. The largest absolute Gasteiger partial charge is 0.435 e. The molecule has 0 aliphatic carbocycles. The molecule has 1 N–H and O–H groups in total. The molecule has 0 saturated heterocycles. The number of alkyl halides is 5. The van der Waals surface area contributed by atoms with E-state index in [0.717, 1.165) is 11.6 Å². The molecule has 1 atom stereocenters. The lowest BCUT2D eigenvalue weighted by atomic mass is 10.0. The maximum Gasteiger partial charge on any atom is 0.435 e. The van der Waals surface area contributed by atoms with Gasteiger partial charge in [0.05, 0.1) is 17.4 Å². The average molecular weight is 454 g/mol. The van der Waals surface area contributed by atoms with Crippen LogP contribution >= 0.6 is 0 Å². The Morgan fingerprint density at radius 1 is 1.12 bits per heavy atom. The molecule has 0 fully saturated rings. The van der Waals surface area contributed by atoms with Gasteiger partial charge >= 0.3 is 6.18 Å². The molecule has 1 aliphatic heterocycles. The maximum atomic E-state index is 13.6. The lowest BCUT2D eigenvalue weighted by molar-refractivity contribution is -0.141. The van der Waals surface area contributed by atoms with Gasteiger partial charge in [-0.25, -0.2) is 0 Å². The van der Waals surface area contributed by atoms with E-state index >= 15 is 0 Å². The van der Waals surface area contributed by atoms with Gasteiger partial charge in [0.1, 0.15) is 11.4 Å². The summed E-state index contributed by atoms with van der Waals surface area (Å²) in [5.41, 5.74) is -0.235. The molecule has 0 unspecified atom stereocenters. The van der Waals surface area contributed by atoms with E-state index in [-0.39, 0.29) is 11.4 Å². The van der Waals surface area contributed by atoms with E-state index in [0.29, 0.717) is 42.4 Å². The molecule has 1 amide bonds. The highest BCUT2D eigenvalue weighted by atomic mass is 19.4. The van der Waals surface area contributed by atoms with Crippen LogP contribution in [0.5, 0.6) is 0 Å². The summed E-state index contributed by atoms with van der Waals surface area (Å²) < 4.78 is 68.5. The van der Waals surface area contributed by atoms with Crippen LogP contribution in [0, 0.1) is 0 Å². The minimum Gasteiger partial charge on any atom is -0.342 e. The number of halogens is 5. The van der Waals surface area contributed by atoms with Gasteiger partial charge in [-0.15, -0.1) is 0 Å². The van der Waals surface area contributed by atoms with Crippen LogP contribution in [-0.4, -0.2) is 30.5 Å². The van der Waals surface area contributed by atoms with Gasteiger partial charge in [-0.1, -0.05) is 0 Å². The minimum absolute atomic E-state index is 0.224. The summed E-state index contributed by atoms with van der Waals surface area (Å²) in [4.78, 5) is 16.4. The number of aromatic nitrogens is 5. The fraction of sp³-hybridized carbons (Fsp3) is 0.400. The molecular weight excluding hydrogens is 435 g/mol. The second-order valence-electron chi connectivity index (χ2n) is 7.70. The Balaban J connectivity index is 1.60. The predicted molar refractivity (Wildman–Crippen MR) is 103 cm³/mol. The van der Waals surface area contributed by atoms with Crippen molar-refractivity contribution in [1.82, 2.24) is 29.9 Å². The van der Waals surface area contributed by atoms with Crippen molar-refractivity contribution in [2.75, 3.05) is 0 Å². The van der Waals surface area contributed by atoms with Gasteiger partial charge < -0.3 is 5.32 Å². The van der Waals surface area contributed by atoms with Crippen LogP contribution in [0.3, 0.4) is 0 Å². The Morgan fingerprint density at radius 2 is 1.88 bits per heavy atom. The second kappa shape index (κ2) is 7.68. The van der Waals surface area contributed by atoms with Crippen molar-refractivity contribution in [3.63, 3.8) is 0 Å². The van der Waals surface area contributed by atoms with E-state index in [4.69, 9.17) is 0 Å². The molecule has 0 radical (unpaired) electrons. The zero-order valence-electron chi connectivity index (χ0n) is 17.1. The minimum atomic E-state index is -4.66. The zero-order valence-corrected chi connectivity index (χ0v) is 17.1. The van der Waals surface area contributed by atoms with Crippen LogP contribution < -0.4 is 5.32 Å². The maximum absolute atomic E-state index is 13.6. The van der Waals surface area contributed by atoms with Crippen molar-refractivity contribution < 1.29 is 26.7 Å². The van der Waals surface area contributed by atoms with Gasteiger partial charge in [-0.3, -0.25) is 19.1 Å². The summed E-state index contributed by atoms with van der Waals surface area (Å²) in [5, 5.41) is 10.6. The van der Waals surface area contributed by atoms with Crippen molar-refractivity contribution in [2.24, 2.45) is 7.05 Å². The first-order valence-electron chi connectivity index (χ1n) is 9.78. The number of nitrogens with one attached hydrogen (secondary N) is 1. The molecule has 1 aliphatic rings. The molecule has 12 heteroatoms. The van der Waals surface area contributed by atoms with Crippen molar-refractivity contribution in [3.8, 4) is 11.3 Å². The van der Waals surface area contributed by atoms with Gasteiger partial charge in [0.15, 0.2) is 5.69 Å². The summed E-state index contributed by atoms with van der Waals surface area (Å²) in [6.07, 6.45) is -2.16. The molecule has 4 rings (SSSR count). The average Bonchev–Trinajstić information content (AvgIpc) is 3.32. The number of carbonyl (C=O) groups is 1. The summed E-state index contributed by atoms with van der Waals surface area (Å²) in [7, 11) is 1.26. The Morgan fingerprint density at radius 3 is 2.53 bits per heavy atom. The summed E-state index contributed by atoms with van der Waals surface area (Å²) in [6, 6.07) is 4.70. The van der Waals surface area contributed by atoms with Gasteiger partial charge in [0.25, 0.3) is 11.8 Å². The Labute approximate surface area is 179 Å². The molecule has 0 saturated carbocycles. The third kappa shape index (κ3) is 4.21. The summed E-state index contributed by atoms with van der Waals surface area (Å²) in [6.45, 7) is 1.32. The standard InChI is InChI=1S/C20H19F5N6O/c1-19(21,22)16-8-11(5-6-26-16)13-9-14-12(4-3-7-31(14)28-13)27-18(32)15-10-17(20(23,24)25)29-30(15)2/h5-6,8-10,12H,3-4,7H2,1-2H3,(H,27,32)/t12-/m1/s1. The first-order valence-corrected chi connectivity index (χ1v) is 9.78. The fourth-order valence-electron chi connectivity index (χ4n) is 3.65. The van der Waals surface area contributed by atoms with E-state index < -0.39 is 29.7 Å². The highest BCUT2D eigenvalue weighted by molar-refractivity contribution is 5.93. The second-order valence-corrected chi connectivity index (χ2v) is 7.70. The first kappa shape index (κ1) is 21.9. The first-order chi connectivity index (χ1) is 14.9. The number of amides is 1. The molecule has 4 heterocycles. The molecule has 0 spiro atoms. The van der Waals surface area contributed by atoms with Gasteiger partial charge in [-0.05, 0) is 31.0 Å². The molecule has 3 aromatic rings. The number of rotatable bonds is 4. The molecular formula is C20H19F5N6O. The van der Waals surface area contributed by atoms with E-state index in [1.165, 1.54) is 19.3 Å². The summed E-state index contributed by atoms with van der Waals surface area (Å²) in [5.74, 6) is -3.81. The highest BCUT2D eigenvalue weighted by Crippen LogP contribution is 2.32. The number of fused-ring (bicyclic) bond motifs is 1. The van der Waals surface area contributed by atoms with E-state index in [9.17, 15) is 26.7 Å². The number of carbonyl (C=O) groups excluding carboxylic acids is 1. The topological polar surface area (TPSA) is 77.6 Å². The van der Waals surface area contributed by atoms with Crippen molar-refractivity contribution in [3.05, 3.63) is 53.2 Å². The highest BCUT2D eigenvalue weighted by Gasteiger charge is 2.36. The number of hydrogen-bond donors (Lipinski definition) is 1. The molecule has 0 bridgehead atoms. The molecule has 7 nitrogen and oxygen atoms in total. The summed E-state index contributed by atoms with van der Waals surface area (Å²) >= 11 is 0. The van der Waals surface area contributed by atoms with Crippen molar-refractivity contribution in [1.29, 1.82) is 0 Å². The van der Waals surface area contributed by atoms with Crippen LogP contribution in [0.2, 0.25) is 0 Å². The Kier molecular flexibility index (Phi) is 5.25. The fourth-order valence-corrected chi connectivity index (χ4v) is 3.65. The number of aryl methyl sites for hydroxylation is 2. The van der Waals surface area contributed by atoms with E-state index in [1.807, 2.05) is 0 Å². The molecule has 32 heavy (non-hydrogen) atoms. The zero-order chi connectivity index (χ0) is 23.3. The Bertz CT molecular complexity index is 1160. The smallest absolute Gasteiger partial charge is 0.342 e. The van der Waals surface area contributed by atoms with Crippen LogP contribution in [0.25, 0.3) is 11.3 Å². The van der Waals surface area contributed by atoms with Gasteiger partial charge in [0.2, 0.25) is 0 Å². The monoisotopic (exact) mass is 454 g/mol. The number of nitrogens with zero attached hydrogens (tertiary/aromatic N) is 5. The number of hydrogen-bond acceptors (Lipinski definition) is 4. The normalized spacial score (nSPS) is 16.7. The van der Waals surface area contributed by atoms with Crippen molar-refractivity contribution >= 4 is 5.91 Å². The third-order valence-electron chi connectivity index (χ3n) is 5.24. The van der Waals surface area contributed by atoms with Gasteiger partial charge in [-0.2, -0.15) is 32.1 Å². The molecule has 170 valence electrons.